The van der Waals surface area contributed by atoms with Crippen LogP contribution in [0, 0.1) is 0 Å². The van der Waals surface area contributed by atoms with Gasteiger partial charge in [0.15, 0.2) is 6.79 Å². The lowest BCUT2D eigenvalue weighted by Gasteiger charge is -2.38. The number of nitrogens with zero attached hydrogens (tertiary/aromatic N) is 5. The lowest BCUT2D eigenvalue weighted by atomic mass is 10.0. The monoisotopic (exact) mass is 573 g/mol. The lowest BCUT2D eigenvalue weighted by Crippen LogP contribution is -2.49. The van der Waals surface area contributed by atoms with Crippen molar-refractivity contribution in [2.45, 2.75) is 19.6 Å². The molecular weight excluding hydrogens is 542 g/mol. The predicted molar refractivity (Wildman–Crippen MR) is 159 cm³/mol. The quantitative estimate of drug-likeness (QED) is 0.218. The number of carbonyl (C=O) groups excluding carboxylic acids is 1. The molecule has 0 N–H and O–H groups in total. The molecule has 0 radical (unpaired) electrons. The molecule has 6 rings (SSSR count). The molecule has 0 saturated carbocycles. The minimum Gasteiger partial charge on any atom is -0.465 e. The van der Waals surface area contributed by atoms with Crippen LogP contribution >= 0.6 is 11.6 Å². The molecule has 3 heterocycles. The molecule has 4 aromatic rings. The maximum absolute atomic E-state index is 12.7. The van der Waals surface area contributed by atoms with E-state index < -0.39 is 0 Å². The van der Waals surface area contributed by atoms with Gasteiger partial charge in [-0.3, -0.25) is 0 Å². The molecule has 1 saturated heterocycles. The molecule has 0 aliphatic carbocycles. The Kier molecular flexibility index (Phi) is 8.07. The molecule has 1 amide bonds. The average Bonchev–Trinajstić information content (AvgIpc) is 3.02. The minimum atomic E-state index is -0.297. The van der Waals surface area contributed by atoms with E-state index in [1.54, 1.807) is 12.0 Å². The van der Waals surface area contributed by atoms with Crippen LogP contribution < -0.4 is 14.5 Å². The van der Waals surface area contributed by atoms with Crippen molar-refractivity contribution >= 4 is 40.0 Å². The van der Waals surface area contributed by atoms with E-state index in [0.29, 0.717) is 32.7 Å². The van der Waals surface area contributed by atoms with Gasteiger partial charge in [0.2, 0.25) is 5.28 Å². The van der Waals surface area contributed by atoms with Crippen LogP contribution in [0.5, 0.6) is 5.75 Å². The average molecular weight is 574 g/mol. The van der Waals surface area contributed by atoms with Crippen LogP contribution in [0.15, 0.2) is 66.7 Å². The standard InChI is InChI=1S/C31H32ClN5O4/c1-39-21-41-28-18-24-10-6-5-9-23(24)17-27(28)37-12-11-25-26(19-37)33-30(32)34-29(25)35-13-15-36(16-14-35)31(38)40-20-22-7-3-2-4-8-22/h2-10,17-18H,11-16,19-21H2,1H3. The largest absolute Gasteiger partial charge is 0.465 e. The molecule has 0 bridgehead atoms. The van der Waals surface area contributed by atoms with E-state index in [1.807, 2.05) is 42.5 Å². The number of rotatable bonds is 7. The highest BCUT2D eigenvalue weighted by molar-refractivity contribution is 6.28. The Bertz CT molecular complexity index is 1530. The number of piperazine rings is 1. The van der Waals surface area contributed by atoms with Crippen LogP contribution in [0.25, 0.3) is 10.8 Å². The van der Waals surface area contributed by atoms with Gasteiger partial charge in [-0.2, -0.15) is 0 Å². The van der Waals surface area contributed by atoms with Crippen molar-refractivity contribution < 1.29 is 19.0 Å². The summed E-state index contributed by atoms with van der Waals surface area (Å²) in [6.45, 7) is 4.17. The van der Waals surface area contributed by atoms with E-state index in [1.165, 1.54) is 0 Å². The van der Waals surface area contributed by atoms with Gasteiger partial charge in [0.1, 0.15) is 18.2 Å². The van der Waals surface area contributed by atoms with E-state index >= 15 is 0 Å². The fourth-order valence-corrected chi connectivity index (χ4v) is 5.63. The summed E-state index contributed by atoms with van der Waals surface area (Å²) in [6.07, 6.45) is 0.464. The molecule has 1 fully saturated rings. The Balaban J connectivity index is 1.16. The molecule has 0 atom stereocenters. The Labute approximate surface area is 244 Å². The van der Waals surface area contributed by atoms with Gasteiger partial charge in [-0.15, -0.1) is 0 Å². The van der Waals surface area contributed by atoms with Gasteiger partial charge in [0.05, 0.1) is 17.9 Å². The Morgan fingerprint density at radius 3 is 2.39 bits per heavy atom. The predicted octanol–water partition coefficient (Wildman–Crippen LogP) is 5.29. The number of methoxy groups -OCH3 is 1. The molecule has 2 aliphatic heterocycles. The zero-order valence-corrected chi connectivity index (χ0v) is 23.7. The van der Waals surface area contributed by atoms with Crippen LogP contribution in [0.1, 0.15) is 16.8 Å². The number of fused-ring (bicyclic) bond motifs is 2. The highest BCUT2D eigenvalue weighted by Crippen LogP contribution is 2.37. The first kappa shape index (κ1) is 27.1. The van der Waals surface area contributed by atoms with Crippen molar-refractivity contribution in [3.63, 3.8) is 0 Å². The Hall–Kier alpha value is -4.08. The van der Waals surface area contributed by atoms with Gasteiger partial charge in [-0.1, -0.05) is 54.6 Å². The van der Waals surface area contributed by atoms with Gasteiger partial charge in [-0.05, 0) is 46.5 Å². The number of carbonyl (C=O) groups is 1. The number of hydrogen-bond acceptors (Lipinski definition) is 8. The van der Waals surface area contributed by atoms with E-state index in [-0.39, 0.29) is 24.8 Å². The third kappa shape index (κ3) is 6.01. The molecule has 41 heavy (non-hydrogen) atoms. The van der Waals surface area contributed by atoms with Crippen LogP contribution in [-0.4, -0.2) is 67.6 Å². The number of hydrogen-bond donors (Lipinski definition) is 0. The van der Waals surface area contributed by atoms with Crippen molar-refractivity contribution in [3.8, 4) is 5.75 Å². The van der Waals surface area contributed by atoms with Crippen LogP contribution in [0.2, 0.25) is 5.28 Å². The molecule has 0 spiro atoms. The maximum Gasteiger partial charge on any atom is 0.410 e. The summed E-state index contributed by atoms with van der Waals surface area (Å²) in [5, 5.41) is 2.47. The normalized spacial score (nSPS) is 15.1. The van der Waals surface area contributed by atoms with Crippen molar-refractivity contribution in [1.29, 1.82) is 0 Å². The van der Waals surface area contributed by atoms with E-state index in [4.69, 9.17) is 25.8 Å². The van der Waals surface area contributed by atoms with E-state index in [0.717, 1.165) is 57.8 Å². The van der Waals surface area contributed by atoms with E-state index in [2.05, 4.69) is 44.0 Å². The summed E-state index contributed by atoms with van der Waals surface area (Å²) in [4.78, 5) is 28.2. The summed E-state index contributed by atoms with van der Waals surface area (Å²) in [5.74, 6) is 1.62. The second kappa shape index (κ2) is 12.2. The summed E-state index contributed by atoms with van der Waals surface area (Å²) in [7, 11) is 1.62. The first-order valence-electron chi connectivity index (χ1n) is 13.7. The number of anilines is 2. The Morgan fingerprint density at radius 2 is 1.63 bits per heavy atom. The first-order chi connectivity index (χ1) is 20.1. The second-order valence-corrected chi connectivity index (χ2v) is 10.5. The molecular formula is C31H32ClN5O4. The fourth-order valence-electron chi connectivity index (χ4n) is 5.45. The second-order valence-electron chi connectivity index (χ2n) is 10.1. The van der Waals surface area contributed by atoms with Crippen molar-refractivity contribution in [1.82, 2.24) is 14.9 Å². The van der Waals surface area contributed by atoms with Gasteiger partial charge < -0.3 is 28.9 Å². The molecule has 1 aromatic heterocycles. The molecule has 9 nitrogen and oxygen atoms in total. The Morgan fingerprint density at radius 1 is 0.902 bits per heavy atom. The van der Waals surface area contributed by atoms with Gasteiger partial charge >= 0.3 is 6.09 Å². The lowest BCUT2D eigenvalue weighted by molar-refractivity contribution is 0.0515. The van der Waals surface area contributed by atoms with Crippen LogP contribution in [0.3, 0.4) is 0 Å². The fraction of sp³-hybridized carbons (Fsp3) is 0.323. The zero-order chi connectivity index (χ0) is 28.2. The first-order valence-corrected chi connectivity index (χ1v) is 14.1. The van der Waals surface area contributed by atoms with Gasteiger partial charge in [-0.25, -0.2) is 14.8 Å². The van der Waals surface area contributed by atoms with Gasteiger partial charge in [0, 0.05) is 45.4 Å². The summed E-state index contributed by atoms with van der Waals surface area (Å²) < 4.78 is 16.7. The van der Waals surface area contributed by atoms with Crippen molar-refractivity contribution in [2.24, 2.45) is 0 Å². The zero-order valence-electron chi connectivity index (χ0n) is 23.0. The maximum atomic E-state index is 12.7. The summed E-state index contributed by atoms with van der Waals surface area (Å²) >= 11 is 6.46. The topological polar surface area (TPSA) is 80.3 Å². The van der Waals surface area contributed by atoms with Crippen LogP contribution in [0.4, 0.5) is 16.3 Å². The molecule has 3 aromatic carbocycles. The summed E-state index contributed by atoms with van der Waals surface area (Å²) in [6, 6.07) is 22.2. The van der Waals surface area contributed by atoms with Gasteiger partial charge in [0.25, 0.3) is 0 Å². The third-order valence-corrected chi connectivity index (χ3v) is 7.73. The highest BCUT2D eigenvalue weighted by Gasteiger charge is 2.29. The number of aromatic nitrogens is 2. The molecule has 10 heteroatoms. The number of ether oxygens (including phenoxy) is 3. The SMILES string of the molecule is COCOc1cc2ccccc2cc1N1CCc2c(nc(Cl)nc2N2CCN(C(=O)OCc3ccccc3)CC2)C1. The summed E-state index contributed by atoms with van der Waals surface area (Å²) in [5.41, 5.74) is 3.97. The number of halogens is 1. The van der Waals surface area contributed by atoms with Crippen molar-refractivity contribution in [2.75, 3.05) is 56.4 Å². The minimum absolute atomic E-state index is 0.166. The number of amides is 1. The molecule has 2 aliphatic rings. The number of benzene rings is 3. The third-order valence-electron chi connectivity index (χ3n) is 7.56. The highest BCUT2D eigenvalue weighted by atomic mass is 35.5. The molecule has 0 unspecified atom stereocenters. The van der Waals surface area contributed by atoms with Crippen LogP contribution in [-0.2, 0) is 29.0 Å². The van der Waals surface area contributed by atoms with E-state index in [9.17, 15) is 4.79 Å². The molecule has 212 valence electrons. The smallest absolute Gasteiger partial charge is 0.410 e. The van der Waals surface area contributed by atoms with Crippen molar-refractivity contribution in [3.05, 3.63) is 88.8 Å².